The van der Waals surface area contributed by atoms with E-state index in [1.54, 1.807) is 0 Å². The minimum atomic E-state index is 0.885. The van der Waals surface area contributed by atoms with Gasteiger partial charge in [0.2, 0.25) is 0 Å². The maximum absolute atomic E-state index is 4.31. The number of rotatable bonds is 0. The normalized spacial score (nSPS) is 10.9. The second kappa shape index (κ2) is 2.59. The molecule has 0 bridgehead atoms. The molecule has 3 heteroatoms. The Kier molecular flexibility index (Phi) is 1.68. The summed E-state index contributed by atoms with van der Waals surface area (Å²) in [7, 11) is 0. The van der Waals surface area contributed by atoms with E-state index in [-0.39, 0.29) is 0 Å². The molecule has 2 rings (SSSR count). The molecule has 0 atom stereocenters. The number of hydrogen-bond donors (Lipinski definition) is 0. The first-order chi connectivity index (χ1) is 5.68. The van der Waals surface area contributed by atoms with Crippen molar-refractivity contribution < 1.29 is 0 Å². The fraction of sp³-hybridized carbons (Fsp3) is 0.222. The number of fused-ring (bicyclic) bond motifs is 1. The van der Waals surface area contributed by atoms with E-state index in [2.05, 4.69) is 47.0 Å². The Morgan fingerprint density at radius 2 is 2.08 bits per heavy atom. The molecule has 12 heavy (non-hydrogen) atoms. The summed E-state index contributed by atoms with van der Waals surface area (Å²) in [5.74, 6) is 0. The molecule has 0 N–H and O–H groups in total. The van der Waals surface area contributed by atoms with Crippen LogP contribution in [0.25, 0.3) is 5.52 Å². The highest BCUT2D eigenvalue weighted by Gasteiger charge is 2.01. The lowest BCUT2D eigenvalue weighted by atomic mass is 10.2. The second-order valence-corrected chi connectivity index (χ2v) is 3.72. The third-order valence-electron chi connectivity index (χ3n) is 2.10. The predicted molar refractivity (Wildman–Crippen MR) is 52.4 cm³/mol. The highest BCUT2D eigenvalue weighted by atomic mass is 79.9. The number of pyridine rings is 1. The van der Waals surface area contributed by atoms with E-state index in [0.717, 1.165) is 10.1 Å². The summed E-state index contributed by atoms with van der Waals surface area (Å²) in [6, 6.07) is 6.19. The fourth-order valence-corrected chi connectivity index (χ4v) is 1.64. The van der Waals surface area contributed by atoms with Gasteiger partial charge in [-0.2, -0.15) is 5.10 Å². The van der Waals surface area contributed by atoms with Crippen molar-refractivity contribution in [1.29, 1.82) is 0 Å². The Bertz CT molecular complexity index is 431. The summed E-state index contributed by atoms with van der Waals surface area (Å²) >= 11 is 3.35. The molecular formula is C9H9BrN2. The van der Waals surface area contributed by atoms with Gasteiger partial charge in [-0.15, -0.1) is 0 Å². The summed E-state index contributed by atoms with van der Waals surface area (Å²) in [4.78, 5) is 0. The zero-order valence-corrected chi connectivity index (χ0v) is 8.59. The summed E-state index contributed by atoms with van der Waals surface area (Å²) in [6.07, 6.45) is 0. The maximum atomic E-state index is 4.31. The molecule has 0 radical (unpaired) electrons. The van der Waals surface area contributed by atoms with Crippen LogP contribution in [-0.2, 0) is 0 Å². The highest BCUT2D eigenvalue weighted by molar-refractivity contribution is 9.10. The third kappa shape index (κ3) is 1.05. The van der Waals surface area contributed by atoms with Gasteiger partial charge in [0.25, 0.3) is 0 Å². The minimum absolute atomic E-state index is 0.885. The molecule has 0 aliphatic rings. The Morgan fingerprint density at radius 3 is 2.83 bits per heavy atom. The van der Waals surface area contributed by atoms with Gasteiger partial charge in [-0.1, -0.05) is 6.07 Å². The lowest BCUT2D eigenvalue weighted by molar-refractivity contribution is 0.892. The molecule has 0 saturated heterocycles. The average Bonchev–Trinajstić information content (AvgIpc) is 2.39. The molecule has 0 spiro atoms. The van der Waals surface area contributed by atoms with Crippen molar-refractivity contribution in [2.75, 3.05) is 0 Å². The molecule has 2 nitrogen and oxygen atoms in total. The van der Waals surface area contributed by atoms with Crippen LogP contribution >= 0.6 is 15.9 Å². The van der Waals surface area contributed by atoms with Crippen molar-refractivity contribution in [3.63, 3.8) is 0 Å². The van der Waals surface area contributed by atoms with Gasteiger partial charge in [-0.3, -0.25) is 0 Å². The molecule has 0 saturated carbocycles. The van der Waals surface area contributed by atoms with Gasteiger partial charge in [0.05, 0.1) is 5.52 Å². The van der Waals surface area contributed by atoms with Crippen LogP contribution in [-0.4, -0.2) is 9.61 Å². The van der Waals surface area contributed by atoms with Gasteiger partial charge < -0.3 is 0 Å². The van der Waals surface area contributed by atoms with Crippen LogP contribution < -0.4 is 0 Å². The molecule has 0 unspecified atom stereocenters. The van der Waals surface area contributed by atoms with Crippen molar-refractivity contribution in [3.05, 3.63) is 34.1 Å². The monoisotopic (exact) mass is 224 g/mol. The Hall–Kier alpha value is -0.830. The van der Waals surface area contributed by atoms with Crippen LogP contribution in [0.4, 0.5) is 0 Å². The van der Waals surface area contributed by atoms with Crippen LogP contribution in [0.2, 0.25) is 0 Å². The first-order valence-electron chi connectivity index (χ1n) is 3.80. The number of aryl methyl sites for hydroxylation is 2. The SMILES string of the molecule is Cc1ccc2cc(Br)nn2c1C. The van der Waals surface area contributed by atoms with Gasteiger partial charge in [-0.05, 0) is 47.5 Å². The Morgan fingerprint density at radius 1 is 1.33 bits per heavy atom. The lowest BCUT2D eigenvalue weighted by Crippen LogP contribution is -1.95. The quantitative estimate of drug-likeness (QED) is 0.673. The predicted octanol–water partition coefficient (Wildman–Crippen LogP) is 2.71. The topological polar surface area (TPSA) is 17.3 Å². The first kappa shape index (κ1) is 7.80. The Balaban J connectivity index is 2.89. The van der Waals surface area contributed by atoms with Crippen LogP contribution in [0.3, 0.4) is 0 Å². The zero-order chi connectivity index (χ0) is 8.72. The number of halogens is 1. The van der Waals surface area contributed by atoms with E-state index < -0.39 is 0 Å². The molecule has 2 aromatic heterocycles. The largest absolute Gasteiger partial charge is 0.237 e. The van der Waals surface area contributed by atoms with Crippen LogP contribution in [0, 0.1) is 13.8 Å². The van der Waals surface area contributed by atoms with Gasteiger partial charge in [0.1, 0.15) is 4.60 Å². The van der Waals surface area contributed by atoms with Gasteiger partial charge >= 0.3 is 0 Å². The third-order valence-corrected chi connectivity index (χ3v) is 2.49. The van der Waals surface area contributed by atoms with Gasteiger partial charge in [-0.25, -0.2) is 4.52 Å². The van der Waals surface area contributed by atoms with E-state index in [1.807, 2.05) is 10.6 Å². The van der Waals surface area contributed by atoms with Crippen LogP contribution in [0.1, 0.15) is 11.3 Å². The first-order valence-corrected chi connectivity index (χ1v) is 4.59. The van der Waals surface area contributed by atoms with E-state index in [4.69, 9.17) is 0 Å². The number of nitrogens with zero attached hydrogens (tertiary/aromatic N) is 2. The molecule has 0 amide bonds. The van der Waals surface area contributed by atoms with Gasteiger partial charge in [0, 0.05) is 5.69 Å². The smallest absolute Gasteiger partial charge is 0.129 e. The maximum Gasteiger partial charge on any atom is 0.129 e. The molecule has 0 aliphatic heterocycles. The summed E-state index contributed by atoms with van der Waals surface area (Å²) < 4.78 is 2.83. The van der Waals surface area contributed by atoms with Crippen molar-refractivity contribution >= 4 is 21.4 Å². The second-order valence-electron chi connectivity index (χ2n) is 2.91. The van der Waals surface area contributed by atoms with Gasteiger partial charge in [0.15, 0.2) is 0 Å². The number of aromatic nitrogens is 2. The molecule has 0 aromatic carbocycles. The molecule has 2 aromatic rings. The standard InChI is InChI=1S/C9H9BrN2/c1-6-3-4-8-5-9(10)11-12(8)7(6)2/h3-5H,1-2H3. The number of hydrogen-bond acceptors (Lipinski definition) is 1. The minimum Gasteiger partial charge on any atom is -0.237 e. The van der Waals surface area contributed by atoms with E-state index in [0.29, 0.717) is 0 Å². The lowest BCUT2D eigenvalue weighted by Gasteiger charge is -2.01. The van der Waals surface area contributed by atoms with Crippen LogP contribution in [0.15, 0.2) is 22.8 Å². The van der Waals surface area contributed by atoms with Crippen molar-refractivity contribution in [3.8, 4) is 0 Å². The highest BCUT2D eigenvalue weighted by Crippen LogP contribution is 2.15. The van der Waals surface area contributed by atoms with Crippen molar-refractivity contribution in [2.45, 2.75) is 13.8 Å². The van der Waals surface area contributed by atoms with E-state index >= 15 is 0 Å². The fourth-order valence-electron chi connectivity index (χ4n) is 1.25. The Labute approximate surface area is 79.3 Å². The molecular weight excluding hydrogens is 216 g/mol. The van der Waals surface area contributed by atoms with Crippen molar-refractivity contribution in [2.24, 2.45) is 0 Å². The summed E-state index contributed by atoms with van der Waals surface area (Å²) in [6.45, 7) is 4.16. The van der Waals surface area contributed by atoms with E-state index in [9.17, 15) is 0 Å². The van der Waals surface area contributed by atoms with Crippen molar-refractivity contribution in [1.82, 2.24) is 9.61 Å². The van der Waals surface area contributed by atoms with E-state index in [1.165, 1.54) is 11.3 Å². The van der Waals surface area contributed by atoms with Crippen LogP contribution in [0.5, 0.6) is 0 Å². The molecule has 0 fully saturated rings. The molecule has 2 heterocycles. The average molecular weight is 225 g/mol. The summed E-state index contributed by atoms with van der Waals surface area (Å²) in [5.41, 5.74) is 3.58. The molecule has 0 aliphatic carbocycles. The zero-order valence-electron chi connectivity index (χ0n) is 7.00. The summed E-state index contributed by atoms with van der Waals surface area (Å²) in [5, 5.41) is 4.31. The molecule has 62 valence electrons.